The van der Waals surface area contributed by atoms with Gasteiger partial charge in [-0.1, -0.05) is 56.1 Å². The maximum absolute atomic E-state index is 13.7. The maximum Gasteiger partial charge on any atom is 0.411 e. The predicted molar refractivity (Wildman–Crippen MR) is 212 cm³/mol. The van der Waals surface area contributed by atoms with Crippen LogP contribution in [0.25, 0.3) is 0 Å². The molecule has 288 valence electrons. The van der Waals surface area contributed by atoms with E-state index in [-0.39, 0.29) is 34.9 Å². The Bertz CT molecular complexity index is 1660. The predicted octanol–water partition coefficient (Wildman–Crippen LogP) is 11.1. The van der Waals surface area contributed by atoms with Gasteiger partial charge in [-0.25, -0.2) is 9.59 Å². The summed E-state index contributed by atoms with van der Waals surface area (Å²) >= 11 is 12.5. The van der Waals surface area contributed by atoms with E-state index in [1.54, 1.807) is 24.3 Å². The number of hydrogen-bond donors (Lipinski definition) is 3. The van der Waals surface area contributed by atoms with E-state index >= 15 is 0 Å². The van der Waals surface area contributed by atoms with Crippen LogP contribution in [0, 0.1) is 60.2 Å². The molecule has 10 atom stereocenters. The summed E-state index contributed by atoms with van der Waals surface area (Å²) < 4.78 is 12.6. The SMILES string of the molecule is C=CCNC(=O)CC[C@@H](C)[C@H]1CC[C@H]2[C@@H]3CC[C@@H]4C[C@H](OC(=O)Nc5cc(C)cc(C)c5)CC[C@]4(C)[C@H]3C[C@H](OC(=O)Nc3cc(Cl)cc(Cl)c3)[C@]12C. The van der Waals surface area contributed by atoms with Crippen molar-refractivity contribution in [3.63, 3.8) is 0 Å². The molecule has 0 spiro atoms. The zero-order valence-corrected chi connectivity index (χ0v) is 33.5. The van der Waals surface area contributed by atoms with E-state index in [9.17, 15) is 14.4 Å². The van der Waals surface area contributed by atoms with Gasteiger partial charge in [-0.3, -0.25) is 15.4 Å². The van der Waals surface area contributed by atoms with Gasteiger partial charge in [-0.2, -0.15) is 0 Å². The van der Waals surface area contributed by atoms with Crippen LogP contribution in [-0.2, 0) is 14.3 Å². The summed E-state index contributed by atoms with van der Waals surface area (Å²) in [7, 11) is 0. The molecular weight excluding hydrogens is 709 g/mol. The monoisotopic (exact) mass is 765 g/mol. The number of fused-ring (bicyclic) bond motifs is 5. The van der Waals surface area contributed by atoms with Crippen LogP contribution in [0.3, 0.4) is 0 Å². The lowest BCUT2D eigenvalue weighted by molar-refractivity contribution is -0.174. The van der Waals surface area contributed by atoms with Crippen molar-refractivity contribution in [2.45, 2.75) is 111 Å². The van der Waals surface area contributed by atoms with Crippen molar-refractivity contribution in [1.29, 1.82) is 0 Å². The van der Waals surface area contributed by atoms with Crippen LogP contribution in [-0.4, -0.2) is 36.8 Å². The first-order chi connectivity index (χ1) is 25.2. The van der Waals surface area contributed by atoms with Crippen molar-refractivity contribution in [1.82, 2.24) is 5.32 Å². The fraction of sp³-hybridized carbons (Fsp3) is 0.605. The Morgan fingerprint density at radius 2 is 1.53 bits per heavy atom. The van der Waals surface area contributed by atoms with Gasteiger partial charge in [0.05, 0.1) is 0 Å². The number of ether oxygens (including phenoxy) is 2. The molecule has 4 aliphatic carbocycles. The van der Waals surface area contributed by atoms with Gasteiger partial charge in [0.2, 0.25) is 5.91 Å². The first-order valence-corrected chi connectivity index (χ1v) is 20.3. The van der Waals surface area contributed by atoms with Gasteiger partial charge < -0.3 is 14.8 Å². The Hall–Kier alpha value is -3.23. The quantitative estimate of drug-likeness (QED) is 0.209. The molecule has 2 aromatic carbocycles. The molecule has 0 aliphatic heterocycles. The topological polar surface area (TPSA) is 106 Å². The number of anilines is 2. The highest BCUT2D eigenvalue weighted by molar-refractivity contribution is 6.35. The summed E-state index contributed by atoms with van der Waals surface area (Å²) in [6.07, 6.45) is 9.39. The molecule has 10 heteroatoms. The molecule has 0 radical (unpaired) electrons. The fourth-order valence-corrected chi connectivity index (χ4v) is 12.0. The average Bonchev–Trinajstić information content (AvgIpc) is 3.44. The van der Waals surface area contributed by atoms with Crippen LogP contribution in [0.5, 0.6) is 0 Å². The average molecular weight is 767 g/mol. The van der Waals surface area contributed by atoms with Crippen LogP contribution < -0.4 is 16.0 Å². The van der Waals surface area contributed by atoms with Crippen LogP contribution in [0.2, 0.25) is 10.0 Å². The molecule has 3 N–H and O–H groups in total. The normalized spacial score (nSPS) is 32.2. The smallest absolute Gasteiger partial charge is 0.411 e. The van der Waals surface area contributed by atoms with Crippen molar-refractivity contribution in [2.24, 2.45) is 46.3 Å². The molecule has 4 fully saturated rings. The second-order valence-electron chi connectivity index (χ2n) is 17.0. The first kappa shape index (κ1) is 39.5. The zero-order chi connectivity index (χ0) is 38.1. The minimum absolute atomic E-state index is 0.0414. The molecule has 4 aliphatic rings. The van der Waals surface area contributed by atoms with Gasteiger partial charge in [-0.15, -0.1) is 6.58 Å². The lowest BCUT2D eigenvalue weighted by Gasteiger charge is -2.62. The van der Waals surface area contributed by atoms with Crippen molar-refractivity contribution in [3.05, 3.63) is 70.2 Å². The summed E-state index contributed by atoms with van der Waals surface area (Å²) in [5, 5.41) is 9.66. The molecule has 0 saturated heterocycles. The third-order valence-corrected chi connectivity index (χ3v) is 14.3. The fourth-order valence-electron chi connectivity index (χ4n) is 11.5. The summed E-state index contributed by atoms with van der Waals surface area (Å²) in [6.45, 7) is 15.3. The Labute approximate surface area is 325 Å². The van der Waals surface area contributed by atoms with E-state index < -0.39 is 12.2 Å². The molecule has 8 nitrogen and oxygen atoms in total. The molecule has 53 heavy (non-hydrogen) atoms. The summed E-state index contributed by atoms with van der Waals surface area (Å²) in [4.78, 5) is 39.3. The number of rotatable bonds is 10. The number of halogens is 2. The van der Waals surface area contributed by atoms with Crippen LogP contribution in [0.1, 0.15) is 96.1 Å². The van der Waals surface area contributed by atoms with Crippen LogP contribution in [0.4, 0.5) is 21.0 Å². The molecule has 3 amide bonds. The summed E-state index contributed by atoms with van der Waals surface area (Å²) in [6, 6.07) is 11.0. The van der Waals surface area contributed by atoms with E-state index in [1.807, 2.05) is 26.0 Å². The van der Waals surface area contributed by atoms with Crippen LogP contribution >= 0.6 is 23.2 Å². The third-order valence-electron chi connectivity index (χ3n) is 13.8. The number of aryl methyl sites for hydroxylation is 2. The van der Waals surface area contributed by atoms with Crippen molar-refractivity contribution >= 4 is 52.7 Å². The minimum Gasteiger partial charge on any atom is -0.446 e. The van der Waals surface area contributed by atoms with E-state index in [4.69, 9.17) is 32.7 Å². The first-order valence-electron chi connectivity index (χ1n) is 19.6. The van der Waals surface area contributed by atoms with Crippen molar-refractivity contribution in [2.75, 3.05) is 17.2 Å². The standard InChI is InChI=1S/C43H57Cl2N3O5/c1-7-16-46-39(49)13-8-27(4)35-11-12-36-34-10-9-28-20-33(52-40(50)47-31-18-25(2)17-26(3)19-31)14-15-42(28,5)37(34)24-38(43(35,36)6)53-41(51)48-32-22-29(44)21-30(45)23-32/h7,17-19,21-23,27-28,33-38H,1,8-16,20,24H2,2-6H3,(H,46,49)(H,47,50)(H,48,51)/t27-,28-,33-,34+,35-,36+,37+,38+,42+,43-/m1/s1. The van der Waals surface area contributed by atoms with E-state index in [2.05, 4.69) is 49.4 Å². The molecule has 0 bridgehead atoms. The highest BCUT2D eigenvalue weighted by atomic mass is 35.5. The van der Waals surface area contributed by atoms with E-state index in [0.717, 1.165) is 74.6 Å². The lowest BCUT2D eigenvalue weighted by atomic mass is 9.43. The number of hydrogen-bond acceptors (Lipinski definition) is 5. The number of amides is 3. The minimum atomic E-state index is -0.502. The third kappa shape index (κ3) is 8.54. The Morgan fingerprint density at radius 3 is 2.21 bits per heavy atom. The Kier molecular flexibility index (Phi) is 12.1. The zero-order valence-electron chi connectivity index (χ0n) is 31.9. The molecule has 6 rings (SSSR count). The number of carbonyl (C=O) groups is 3. The highest BCUT2D eigenvalue weighted by Crippen LogP contribution is 2.69. The van der Waals surface area contributed by atoms with E-state index in [0.29, 0.717) is 58.3 Å². The number of benzene rings is 2. The van der Waals surface area contributed by atoms with Crippen LogP contribution in [0.15, 0.2) is 49.1 Å². The number of carbonyl (C=O) groups excluding carboxylic acids is 3. The molecule has 0 heterocycles. The van der Waals surface area contributed by atoms with Crippen molar-refractivity contribution < 1.29 is 23.9 Å². The van der Waals surface area contributed by atoms with Gasteiger partial charge >= 0.3 is 12.2 Å². The molecule has 0 aromatic heterocycles. The van der Waals surface area contributed by atoms with Gasteiger partial charge in [0, 0.05) is 39.8 Å². The van der Waals surface area contributed by atoms with E-state index in [1.165, 1.54) is 0 Å². The second-order valence-corrected chi connectivity index (χ2v) is 17.9. The largest absolute Gasteiger partial charge is 0.446 e. The Morgan fingerprint density at radius 1 is 0.868 bits per heavy atom. The molecule has 0 unspecified atom stereocenters. The number of nitrogens with one attached hydrogen (secondary N) is 3. The van der Waals surface area contributed by atoms with Gasteiger partial charge in [-0.05, 0) is 154 Å². The summed E-state index contributed by atoms with van der Waals surface area (Å²) in [5.41, 5.74) is 3.24. The maximum atomic E-state index is 13.7. The molecular formula is C43H57Cl2N3O5. The van der Waals surface area contributed by atoms with Crippen molar-refractivity contribution in [3.8, 4) is 0 Å². The van der Waals surface area contributed by atoms with Gasteiger partial charge in [0.15, 0.2) is 0 Å². The Balaban J connectivity index is 1.20. The van der Waals surface area contributed by atoms with Gasteiger partial charge in [0.1, 0.15) is 12.2 Å². The molecule has 2 aromatic rings. The molecule has 4 saturated carbocycles. The summed E-state index contributed by atoms with van der Waals surface area (Å²) in [5.74, 6) is 2.35. The highest BCUT2D eigenvalue weighted by Gasteiger charge is 2.65. The second kappa shape index (κ2) is 16.2. The van der Waals surface area contributed by atoms with Gasteiger partial charge in [0.25, 0.3) is 0 Å². The lowest BCUT2D eigenvalue weighted by Crippen LogP contribution is -2.60.